The fourth-order valence-electron chi connectivity index (χ4n) is 4.27. The van der Waals surface area contributed by atoms with Crippen LogP contribution in [-0.2, 0) is 19.3 Å². The third kappa shape index (κ3) is 10.6. The van der Waals surface area contributed by atoms with Crippen LogP contribution in [0, 0.1) is 6.92 Å². The van der Waals surface area contributed by atoms with Crippen molar-refractivity contribution in [2.45, 2.75) is 73.6 Å². The molecule has 0 radical (unpaired) electrons. The number of hydrogen-bond acceptors (Lipinski definition) is 0. The molecule has 0 atom stereocenters. The summed E-state index contributed by atoms with van der Waals surface area (Å²) in [5.74, 6) is 0. The quantitative estimate of drug-likeness (QED) is 0.261. The Morgan fingerprint density at radius 2 is 1.16 bits per heavy atom. The number of benzene rings is 4. The van der Waals surface area contributed by atoms with Gasteiger partial charge in [-0.2, -0.15) is 0 Å². The molecule has 0 N–H and O–H groups in total. The van der Waals surface area contributed by atoms with Crippen LogP contribution in [-0.4, -0.2) is 0 Å². The van der Waals surface area contributed by atoms with Crippen molar-refractivity contribution in [3.63, 3.8) is 0 Å². The maximum atomic E-state index is 2.23. The molecule has 0 amide bonds. The molecule has 0 aromatic heterocycles. The van der Waals surface area contributed by atoms with Crippen molar-refractivity contribution in [3.05, 3.63) is 143 Å². The summed E-state index contributed by atoms with van der Waals surface area (Å²) in [5, 5.41) is 2.74. The van der Waals surface area contributed by atoms with Gasteiger partial charge < -0.3 is 0 Å². The molecular weight excluding hydrogens is 444 g/mol. The second kappa shape index (κ2) is 17.1. The highest BCUT2D eigenvalue weighted by atomic mass is 14.1. The molecule has 0 bridgehead atoms. The summed E-state index contributed by atoms with van der Waals surface area (Å²) >= 11 is 0. The number of fused-ring (bicyclic) bond motifs is 1. The van der Waals surface area contributed by atoms with Crippen LogP contribution in [0.25, 0.3) is 10.8 Å². The van der Waals surface area contributed by atoms with Gasteiger partial charge in [-0.3, -0.25) is 0 Å². The fourth-order valence-corrected chi connectivity index (χ4v) is 4.27. The smallest absolute Gasteiger partial charge is 0.0105 e. The zero-order valence-corrected chi connectivity index (χ0v) is 23.9. The first-order valence-electron chi connectivity index (χ1n) is 14.0. The lowest BCUT2D eigenvalue weighted by Crippen LogP contribution is -1.90. The highest BCUT2D eigenvalue weighted by Crippen LogP contribution is 2.20. The van der Waals surface area contributed by atoms with E-state index in [1.807, 2.05) is 13.8 Å². The van der Waals surface area contributed by atoms with Crippen LogP contribution in [0.15, 0.2) is 120 Å². The zero-order valence-electron chi connectivity index (χ0n) is 23.9. The van der Waals surface area contributed by atoms with Crippen LogP contribution in [0.3, 0.4) is 0 Å². The maximum absolute atomic E-state index is 2.23. The zero-order chi connectivity index (χ0) is 26.9. The van der Waals surface area contributed by atoms with Crippen LogP contribution in [0.5, 0.6) is 0 Å². The van der Waals surface area contributed by atoms with Gasteiger partial charge in [-0.25, -0.2) is 0 Å². The molecule has 4 aromatic carbocycles. The molecule has 0 nitrogen and oxygen atoms in total. The minimum Gasteiger partial charge on any atom is -0.0693 e. The van der Waals surface area contributed by atoms with Crippen molar-refractivity contribution in [3.8, 4) is 0 Å². The van der Waals surface area contributed by atoms with E-state index in [9.17, 15) is 0 Å². The summed E-state index contributed by atoms with van der Waals surface area (Å²) in [7, 11) is 0. The lowest BCUT2D eigenvalue weighted by Gasteiger charge is -2.02. The van der Waals surface area contributed by atoms with Crippen LogP contribution in [0.4, 0.5) is 0 Å². The molecule has 0 saturated heterocycles. The van der Waals surface area contributed by atoms with Gasteiger partial charge in [0.05, 0.1) is 0 Å². The Morgan fingerprint density at radius 3 is 1.73 bits per heavy atom. The predicted octanol–water partition coefficient (Wildman–Crippen LogP) is 10.9. The first-order valence-corrected chi connectivity index (χ1v) is 14.0. The van der Waals surface area contributed by atoms with E-state index in [1.54, 1.807) is 5.57 Å². The Balaban J connectivity index is 0.000000197. The number of rotatable bonds is 5. The van der Waals surface area contributed by atoms with Crippen LogP contribution in [0.1, 0.15) is 69.7 Å². The van der Waals surface area contributed by atoms with Gasteiger partial charge in [0.2, 0.25) is 0 Å². The maximum Gasteiger partial charge on any atom is -0.0105 e. The molecule has 5 rings (SSSR count). The van der Waals surface area contributed by atoms with Crippen molar-refractivity contribution in [2.24, 2.45) is 0 Å². The summed E-state index contributed by atoms with van der Waals surface area (Å²) < 4.78 is 0. The van der Waals surface area contributed by atoms with Crippen LogP contribution >= 0.6 is 0 Å². The number of aryl methyl sites for hydroxylation is 4. The first kappa shape index (κ1) is 29.8. The summed E-state index contributed by atoms with van der Waals surface area (Å²) in [6.07, 6.45) is 10.2. The summed E-state index contributed by atoms with van der Waals surface area (Å²) in [5.41, 5.74) is 8.68. The molecule has 4 aromatic rings. The Kier molecular flexibility index (Phi) is 13.8. The van der Waals surface area contributed by atoms with Crippen LogP contribution < -0.4 is 0 Å². The largest absolute Gasteiger partial charge is 0.0693 e. The first-order chi connectivity index (χ1) is 18.1. The van der Waals surface area contributed by atoms with Crippen molar-refractivity contribution in [1.29, 1.82) is 0 Å². The third-order valence-corrected chi connectivity index (χ3v) is 6.49. The monoisotopic (exact) mass is 490 g/mol. The second-order valence-electron chi connectivity index (χ2n) is 9.33. The van der Waals surface area contributed by atoms with Gasteiger partial charge in [-0.05, 0) is 73.4 Å². The normalized spacial score (nSPS) is 11.6. The highest BCUT2D eigenvalue weighted by Gasteiger charge is 2.00. The summed E-state index contributed by atoms with van der Waals surface area (Å²) in [6.45, 7) is 12.7. The van der Waals surface area contributed by atoms with Crippen LogP contribution in [0.2, 0.25) is 0 Å². The third-order valence-electron chi connectivity index (χ3n) is 6.49. The Bertz CT molecular complexity index is 1220. The molecule has 0 fully saturated rings. The Labute approximate surface area is 226 Å². The van der Waals surface area contributed by atoms with E-state index in [-0.39, 0.29) is 0 Å². The summed E-state index contributed by atoms with van der Waals surface area (Å²) in [6, 6.07) is 34.5. The van der Waals surface area contributed by atoms with Gasteiger partial charge in [0.25, 0.3) is 0 Å². The molecule has 0 saturated carbocycles. The molecule has 37 heavy (non-hydrogen) atoms. The number of allylic oxidation sites excluding steroid dienone is 4. The van der Waals surface area contributed by atoms with Crippen molar-refractivity contribution in [2.75, 3.05) is 0 Å². The van der Waals surface area contributed by atoms with E-state index in [0.717, 1.165) is 19.3 Å². The van der Waals surface area contributed by atoms with Gasteiger partial charge in [-0.1, -0.05) is 154 Å². The van der Waals surface area contributed by atoms with Gasteiger partial charge in [0.15, 0.2) is 0 Å². The van der Waals surface area contributed by atoms with Crippen molar-refractivity contribution < 1.29 is 0 Å². The van der Waals surface area contributed by atoms with Crippen molar-refractivity contribution in [1.82, 2.24) is 0 Å². The lowest BCUT2D eigenvalue weighted by atomic mass is 10.0. The Hall–Kier alpha value is -3.38. The van der Waals surface area contributed by atoms with E-state index in [2.05, 4.69) is 137 Å². The molecule has 1 aliphatic rings. The van der Waals surface area contributed by atoms with E-state index in [0.29, 0.717) is 0 Å². The number of hydrogen-bond donors (Lipinski definition) is 0. The average Bonchev–Trinajstić information content (AvgIpc) is 3.40. The van der Waals surface area contributed by atoms with Gasteiger partial charge in [0.1, 0.15) is 0 Å². The Morgan fingerprint density at radius 1 is 0.568 bits per heavy atom. The van der Waals surface area contributed by atoms with E-state index >= 15 is 0 Å². The highest BCUT2D eigenvalue weighted by molar-refractivity contribution is 5.85. The lowest BCUT2D eigenvalue weighted by molar-refractivity contribution is 0.959. The topological polar surface area (TPSA) is 0 Å². The average molecular weight is 491 g/mol. The second-order valence-corrected chi connectivity index (χ2v) is 9.33. The molecule has 0 heterocycles. The van der Waals surface area contributed by atoms with Gasteiger partial charge >= 0.3 is 0 Å². The predicted molar refractivity (Wildman–Crippen MR) is 166 cm³/mol. The van der Waals surface area contributed by atoms with E-state index in [1.165, 1.54) is 51.4 Å². The van der Waals surface area contributed by atoms with Crippen molar-refractivity contribution >= 4 is 10.8 Å². The molecule has 1 aliphatic carbocycles. The minimum atomic E-state index is 1.11. The fraction of sp³-hybridized carbons (Fsp3) is 0.297. The molecule has 0 aliphatic heterocycles. The molecule has 0 heteroatoms. The minimum absolute atomic E-state index is 1.11. The molecule has 0 spiro atoms. The van der Waals surface area contributed by atoms with Gasteiger partial charge in [0, 0.05) is 0 Å². The van der Waals surface area contributed by atoms with Gasteiger partial charge in [-0.15, -0.1) is 0 Å². The molecule has 0 unspecified atom stereocenters. The molecular formula is C37H46. The van der Waals surface area contributed by atoms with E-state index in [4.69, 9.17) is 0 Å². The SMILES string of the molecule is CC.CCC1=CC=C(C)C1.CCc1cccc2ccccc12.Cc1ccc(CCc2ccccc2)cc1. The summed E-state index contributed by atoms with van der Waals surface area (Å²) in [4.78, 5) is 0. The van der Waals surface area contributed by atoms with E-state index < -0.39 is 0 Å². The molecule has 194 valence electrons. The standard InChI is InChI=1S/C15H16.C12H12.C8H12.C2H6/c1-13-7-9-15(10-8-13)12-11-14-5-3-2-4-6-14;1-2-10-7-5-8-11-6-3-4-9-12(10)11;1-3-8-5-4-7(2)6-8;1-2/h2-10H,11-12H2,1H3;3-9H,2H2,1H3;4-5H,3,6H2,1-2H3;1-2H3.